The highest BCUT2D eigenvalue weighted by molar-refractivity contribution is 8.01. The minimum atomic E-state index is -0.179. The van der Waals surface area contributed by atoms with Gasteiger partial charge in [0.25, 0.3) is 0 Å². The van der Waals surface area contributed by atoms with E-state index >= 15 is 0 Å². The van der Waals surface area contributed by atoms with Gasteiger partial charge in [-0.05, 0) is 37.6 Å². The summed E-state index contributed by atoms with van der Waals surface area (Å²) >= 11 is 1.73. The molecule has 0 saturated carbocycles. The molecule has 2 aromatic rings. The van der Waals surface area contributed by atoms with Crippen LogP contribution in [0.25, 0.3) is 5.57 Å². The maximum Gasteiger partial charge on any atom is 0.197 e. The fourth-order valence-corrected chi connectivity index (χ4v) is 3.86. The summed E-state index contributed by atoms with van der Waals surface area (Å²) in [6.45, 7) is 4.16. The van der Waals surface area contributed by atoms with E-state index in [4.69, 9.17) is 4.74 Å². The Balaban J connectivity index is 2.09. The molecule has 1 aliphatic rings. The van der Waals surface area contributed by atoms with Gasteiger partial charge in [0.2, 0.25) is 0 Å². The van der Waals surface area contributed by atoms with Crippen molar-refractivity contribution in [2.75, 3.05) is 7.11 Å². The van der Waals surface area contributed by atoms with E-state index in [9.17, 15) is 9.90 Å². The SMILES string of the molecule is COc1ccc(C(=O)C2=CC(C)(C)Sc3ccccc32)c(O)c1. The van der Waals surface area contributed by atoms with Crippen LogP contribution in [0, 0.1) is 0 Å². The van der Waals surface area contributed by atoms with Crippen molar-refractivity contribution < 1.29 is 14.6 Å². The first-order valence-electron chi connectivity index (χ1n) is 7.34. The van der Waals surface area contributed by atoms with Crippen LogP contribution in [0.15, 0.2) is 53.4 Å². The topological polar surface area (TPSA) is 46.5 Å². The standard InChI is InChI=1S/C19H18O3S/c1-19(2)11-15(13-6-4-5-7-17(13)23-19)18(21)14-9-8-12(22-3)10-16(14)20/h4-11,20H,1-3H3. The third-order valence-corrected chi connectivity index (χ3v) is 4.96. The normalized spacial score (nSPS) is 15.5. The molecule has 1 N–H and O–H groups in total. The summed E-state index contributed by atoms with van der Waals surface area (Å²) in [6.07, 6.45) is 1.98. The summed E-state index contributed by atoms with van der Waals surface area (Å²) < 4.78 is 4.90. The number of phenolic OH excluding ortho intramolecular Hbond substituents is 1. The molecule has 1 heterocycles. The predicted molar refractivity (Wildman–Crippen MR) is 93.3 cm³/mol. The summed E-state index contributed by atoms with van der Waals surface area (Å²) in [6, 6.07) is 12.6. The fraction of sp³-hybridized carbons (Fsp3) is 0.211. The number of carbonyl (C=O) groups is 1. The second-order valence-electron chi connectivity index (χ2n) is 5.97. The number of phenols is 1. The zero-order chi connectivity index (χ0) is 16.6. The van der Waals surface area contributed by atoms with Crippen LogP contribution < -0.4 is 4.74 Å². The number of hydrogen-bond donors (Lipinski definition) is 1. The number of benzene rings is 2. The lowest BCUT2D eigenvalue weighted by atomic mass is 9.92. The molecule has 1 aliphatic heterocycles. The van der Waals surface area contributed by atoms with Gasteiger partial charge < -0.3 is 9.84 Å². The fourth-order valence-electron chi connectivity index (χ4n) is 2.68. The molecule has 0 saturated heterocycles. The number of methoxy groups -OCH3 is 1. The minimum Gasteiger partial charge on any atom is -0.507 e. The third-order valence-electron chi connectivity index (χ3n) is 3.74. The quantitative estimate of drug-likeness (QED) is 0.841. The molecule has 3 rings (SSSR count). The Morgan fingerprint density at radius 1 is 1.17 bits per heavy atom. The van der Waals surface area contributed by atoms with Gasteiger partial charge in [0.05, 0.1) is 12.7 Å². The first kappa shape index (κ1) is 15.7. The molecule has 23 heavy (non-hydrogen) atoms. The molecule has 0 amide bonds. The van der Waals surface area contributed by atoms with Gasteiger partial charge in [0, 0.05) is 21.3 Å². The molecular weight excluding hydrogens is 308 g/mol. The zero-order valence-corrected chi connectivity index (χ0v) is 14.1. The van der Waals surface area contributed by atoms with E-state index in [-0.39, 0.29) is 21.8 Å². The Labute approximate surface area is 140 Å². The highest BCUT2D eigenvalue weighted by Crippen LogP contribution is 2.45. The zero-order valence-electron chi connectivity index (χ0n) is 13.3. The number of ketones is 1. The predicted octanol–water partition coefficient (Wildman–Crippen LogP) is 4.55. The minimum absolute atomic E-state index is 0.0660. The number of fused-ring (bicyclic) bond motifs is 1. The first-order valence-corrected chi connectivity index (χ1v) is 8.16. The van der Waals surface area contributed by atoms with Gasteiger partial charge in [0.15, 0.2) is 5.78 Å². The molecule has 0 aromatic heterocycles. The largest absolute Gasteiger partial charge is 0.507 e. The second-order valence-corrected chi connectivity index (χ2v) is 7.67. The second kappa shape index (κ2) is 5.78. The molecule has 0 unspecified atom stereocenters. The highest BCUT2D eigenvalue weighted by Gasteiger charge is 2.30. The number of aromatic hydroxyl groups is 1. The van der Waals surface area contributed by atoms with Gasteiger partial charge in [0.1, 0.15) is 11.5 Å². The van der Waals surface area contributed by atoms with E-state index in [0.29, 0.717) is 11.3 Å². The van der Waals surface area contributed by atoms with Gasteiger partial charge in [-0.1, -0.05) is 24.3 Å². The van der Waals surface area contributed by atoms with E-state index in [1.807, 2.05) is 30.3 Å². The molecule has 0 bridgehead atoms. The van der Waals surface area contributed by atoms with Crippen LogP contribution in [-0.2, 0) is 0 Å². The molecular formula is C19H18O3S. The Hall–Kier alpha value is -2.20. The van der Waals surface area contributed by atoms with Crippen LogP contribution in [0.3, 0.4) is 0 Å². The van der Waals surface area contributed by atoms with Crippen molar-refractivity contribution >= 4 is 23.1 Å². The number of rotatable bonds is 3. The Morgan fingerprint density at radius 3 is 2.61 bits per heavy atom. The van der Waals surface area contributed by atoms with Crippen molar-refractivity contribution in [3.8, 4) is 11.5 Å². The molecule has 0 atom stereocenters. The molecule has 0 radical (unpaired) electrons. The average molecular weight is 326 g/mol. The van der Waals surface area contributed by atoms with Crippen LogP contribution in [-0.4, -0.2) is 22.7 Å². The maximum atomic E-state index is 13.0. The Bertz CT molecular complexity index is 806. The number of ether oxygens (including phenoxy) is 1. The Morgan fingerprint density at radius 2 is 1.91 bits per heavy atom. The summed E-state index contributed by atoms with van der Waals surface area (Å²) in [5.74, 6) is 0.280. The van der Waals surface area contributed by atoms with E-state index in [1.54, 1.807) is 23.9 Å². The third kappa shape index (κ3) is 2.99. The lowest BCUT2D eigenvalue weighted by molar-refractivity contribution is 0.105. The van der Waals surface area contributed by atoms with Crippen molar-refractivity contribution in [1.82, 2.24) is 0 Å². The van der Waals surface area contributed by atoms with Gasteiger partial charge in [-0.25, -0.2) is 0 Å². The number of hydrogen-bond acceptors (Lipinski definition) is 4. The summed E-state index contributed by atoms with van der Waals surface area (Å²) in [5, 5.41) is 10.2. The first-order chi connectivity index (χ1) is 10.9. The van der Waals surface area contributed by atoms with Gasteiger partial charge in [-0.15, -0.1) is 11.8 Å². The van der Waals surface area contributed by atoms with Crippen LogP contribution in [0.1, 0.15) is 29.8 Å². The molecule has 0 aliphatic carbocycles. The summed E-state index contributed by atoms with van der Waals surface area (Å²) in [7, 11) is 1.52. The van der Waals surface area contributed by atoms with Crippen molar-refractivity contribution in [3.05, 3.63) is 59.7 Å². The maximum absolute atomic E-state index is 13.0. The van der Waals surface area contributed by atoms with E-state index < -0.39 is 0 Å². The molecule has 0 spiro atoms. The molecule has 3 nitrogen and oxygen atoms in total. The van der Waals surface area contributed by atoms with E-state index in [2.05, 4.69) is 13.8 Å². The number of allylic oxidation sites excluding steroid dienone is 1. The van der Waals surface area contributed by atoms with Crippen molar-refractivity contribution in [2.45, 2.75) is 23.5 Å². The van der Waals surface area contributed by atoms with Crippen molar-refractivity contribution in [1.29, 1.82) is 0 Å². The van der Waals surface area contributed by atoms with Crippen LogP contribution >= 0.6 is 11.8 Å². The van der Waals surface area contributed by atoms with Crippen molar-refractivity contribution in [3.63, 3.8) is 0 Å². The molecule has 4 heteroatoms. The number of Topliss-reactive ketones (excluding diaryl/α,β-unsaturated/α-hetero) is 1. The van der Waals surface area contributed by atoms with E-state index in [1.165, 1.54) is 13.2 Å². The summed E-state index contributed by atoms with van der Waals surface area (Å²) in [5.41, 5.74) is 1.83. The average Bonchev–Trinajstić information content (AvgIpc) is 2.52. The highest BCUT2D eigenvalue weighted by atomic mass is 32.2. The lowest BCUT2D eigenvalue weighted by Gasteiger charge is -2.28. The monoisotopic (exact) mass is 326 g/mol. The van der Waals surface area contributed by atoms with E-state index in [0.717, 1.165) is 10.5 Å². The lowest BCUT2D eigenvalue weighted by Crippen LogP contribution is -2.19. The smallest absolute Gasteiger partial charge is 0.197 e. The van der Waals surface area contributed by atoms with Gasteiger partial charge >= 0.3 is 0 Å². The van der Waals surface area contributed by atoms with Crippen LogP contribution in [0.2, 0.25) is 0 Å². The van der Waals surface area contributed by atoms with Crippen molar-refractivity contribution in [2.24, 2.45) is 0 Å². The van der Waals surface area contributed by atoms with Gasteiger partial charge in [-0.3, -0.25) is 4.79 Å². The molecule has 118 valence electrons. The molecule has 0 fully saturated rings. The van der Waals surface area contributed by atoms with Crippen LogP contribution in [0.5, 0.6) is 11.5 Å². The van der Waals surface area contributed by atoms with Crippen LogP contribution in [0.4, 0.5) is 0 Å². The molecule has 2 aromatic carbocycles. The number of thioether (sulfide) groups is 1. The number of carbonyl (C=O) groups excluding carboxylic acids is 1. The summed E-state index contributed by atoms with van der Waals surface area (Å²) in [4.78, 5) is 14.1. The van der Waals surface area contributed by atoms with Gasteiger partial charge in [-0.2, -0.15) is 0 Å². The Kier molecular flexibility index (Phi) is 3.94.